The summed E-state index contributed by atoms with van der Waals surface area (Å²) in [4.78, 5) is 49.5. The molecule has 1 aromatic heterocycles. The number of amides is 1. The Balaban J connectivity index is 2.18. The predicted molar refractivity (Wildman–Crippen MR) is 109 cm³/mol. The Morgan fingerprint density at radius 2 is 1.81 bits per heavy atom. The van der Waals surface area contributed by atoms with E-state index in [2.05, 4.69) is 0 Å². The third kappa shape index (κ3) is 4.71. The van der Waals surface area contributed by atoms with Gasteiger partial charge in [-0.3, -0.25) is 23.5 Å². The SMILES string of the molecule is O=C(O)CNC(=O)c1c(O)n(C2CCCCC2)c(=O)n(Cc2ccc(F)cc2CF)c1=O. The Morgan fingerprint density at radius 3 is 2.44 bits per heavy atom. The number of alkyl halides is 1. The lowest BCUT2D eigenvalue weighted by molar-refractivity contribution is -0.135. The van der Waals surface area contributed by atoms with Crippen molar-refractivity contribution in [2.75, 3.05) is 6.54 Å². The summed E-state index contributed by atoms with van der Waals surface area (Å²) >= 11 is 0. The molecule has 0 bridgehead atoms. The maximum atomic E-state index is 13.5. The topological polar surface area (TPSA) is 131 Å². The van der Waals surface area contributed by atoms with Crippen molar-refractivity contribution in [3.05, 3.63) is 61.5 Å². The van der Waals surface area contributed by atoms with Crippen molar-refractivity contribution in [1.29, 1.82) is 0 Å². The zero-order chi connectivity index (χ0) is 23.4. The highest BCUT2D eigenvalue weighted by Crippen LogP contribution is 2.30. The summed E-state index contributed by atoms with van der Waals surface area (Å²) in [6.45, 7) is -2.30. The van der Waals surface area contributed by atoms with Gasteiger partial charge >= 0.3 is 11.7 Å². The van der Waals surface area contributed by atoms with Crippen LogP contribution >= 0.6 is 0 Å². The molecular weight excluding hydrogens is 428 g/mol. The summed E-state index contributed by atoms with van der Waals surface area (Å²) in [5, 5.41) is 21.5. The molecule has 0 aliphatic heterocycles. The van der Waals surface area contributed by atoms with Gasteiger partial charge in [0, 0.05) is 6.04 Å². The number of carboxylic acids is 1. The van der Waals surface area contributed by atoms with Gasteiger partial charge in [-0.2, -0.15) is 0 Å². The molecule has 1 aliphatic rings. The van der Waals surface area contributed by atoms with Crippen LogP contribution in [0.15, 0.2) is 27.8 Å². The van der Waals surface area contributed by atoms with Crippen molar-refractivity contribution < 1.29 is 28.6 Å². The maximum Gasteiger partial charge on any atom is 0.334 e. The number of aliphatic carboxylic acids is 1. The van der Waals surface area contributed by atoms with E-state index in [9.17, 15) is 33.1 Å². The summed E-state index contributed by atoms with van der Waals surface area (Å²) in [6, 6.07) is 2.77. The summed E-state index contributed by atoms with van der Waals surface area (Å²) in [7, 11) is 0. The number of aromatic hydroxyl groups is 1. The highest BCUT2D eigenvalue weighted by atomic mass is 19.1. The molecule has 0 spiro atoms. The highest BCUT2D eigenvalue weighted by Gasteiger charge is 2.29. The van der Waals surface area contributed by atoms with Crippen LogP contribution in [0.3, 0.4) is 0 Å². The molecule has 3 N–H and O–H groups in total. The van der Waals surface area contributed by atoms with Crippen molar-refractivity contribution in [2.45, 2.75) is 51.4 Å². The molecule has 0 radical (unpaired) electrons. The smallest absolute Gasteiger partial charge is 0.334 e. The molecule has 3 rings (SSSR count). The highest BCUT2D eigenvalue weighted by molar-refractivity contribution is 5.97. The van der Waals surface area contributed by atoms with E-state index in [1.165, 1.54) is 6.07 Å². The molecule has 1 saturated carbocycles. The average molecular weight is 451 g/mol. The fourth-order valence-corrected chi connectivity index (χ4v) is 3.95. The standard InChI is InChI=1S/C21H23F2N3O6/c22-9-13-8-14(23)7-6-12(13)11-25-19(30)17(18(29)24-10-16(27)28)20(31)26(21(25)32)15-4-2-1-3-5-15/h6-8,15,31H,1-5,9-11H2,(H,24,29)(H,27,28). The molecule has 9 nitrogen and oxygen atoms in total. The molecule has 32 heavy (non-hydrogen) atoms. The number of carbonyl (C=O) groups is 2. The van der Waals surface area contributed by atoms with Crippen LogP contribution in [0.5, 0.6) is 5.88 Å². The van der Waals surface area contributed by atoms with Crippen LogP contribution in [0.4, 0.5) is 8.78 Å². The van der Waals surface area contributed by atoms with Crippen molar-refractivity contribution >= 4 is 11.9 Å². The molecule has 1 aliphatic carbocycles. The van der Waals surface area contributed by atoms with Gasteiger partial charge in [0.25, 0.3) is 11.5 Å². The maximum absolute atomic E-state index is 13.5. The minimum Gasteiger partial charge on any atom is -0.494 e. The number of nitrogens with zero attached hydrogens (tertiary/aromatic N) is 2. The van der Waals surface area contributed by atoms with E-state index < -0.39 is 66.2 Å². The van der Waals surface area contributed by atoms with E-state index in [0.717, 1.165) is 36.0 Å². The number of aromatic nitrogens is 2. The van der Waals surface area contributed by atoms with Gasteiger partial charge in [-0.25, -0.2) is 13.6 Å². The van der Waals surface area contributed by atoms with Gasteiger partial charge in [0.05, 0.1) is 6.54 Å². The quantitative estimate of drug-likeness (QED) is 0.587. The Kier molecular flexibility index (Phi) is 7.06. The molecule has 1 amide bonds. The molecule has 0 atom stereocenters. The summed E-state index contributed by atoms with van der Waals surface area (Å²) in [5.41, 5.74) is -2.73. The second kappa shape index (κ2) is 9.75. The average Bonchev–Trinajstić information content (AvgIpc) is 2.76. The third-order valence-corrected chi connectivity index (χ3v) is 5.56. The minimum absolute atomic E-state index is 0.0644. The Bertz CT molecular complexity index is 1150. The van der Waals surface area contributed by atoms with E-state index in [-0.39, 0.29) is 11.1 Å². The molecule has 1 aromatic carbocycles. The molecular formula is C21H23F2N3O6. The van der Waals surface area contributed by atoms with Crippen molar-refractivity contribution in [3.63, 3.8) is 0 Å². The summed E-state index contributed by atoms with van der Waals surface area (Å²) in [5.74, 6) is -4.04. The van der Waals surface area contributed by atoms with Gasteiger partial charge in [-0.05, 0) is 36.1 Å². The fraction of sp³-hybridized carbons (Fsp3) is 0.429. The number of carboxylic acid groups (broad SMARTS) is 1. The molecule has 172 valence electrons. The van der Waals surface area contributed by atoms with E-state index in [0.29, 0.717) is 17.4 Å². The zero-order valence-electron chi connectivity index (χ0n) is 17.1. The van der Waals surface area contributed by atoms with Gasteiger partial charge < -0.3 is 15.5 Å². The van der Waals surface area contributed by atoms with Crippen LogP contribution in [0.1, 0.15) is 59.6 Å². The number of hydrogen-bond donors (Lipinski definition) is 3. The molecule has 1 fully saturated rings. The van der Waals surface area contributed by atoms with Gasteiger partial charge in [-0.1, -0.05) is 25.3 Å². The number of halogens is 2. The summed E-state index contributed by atoms with van der Waals surface area (Å²) < 4.78 is 28.5. The third-order valence-electron chi connectivity index (χ3n) is 5.56. The van der Waals surface area contributed by atoms with Crippen molar-refractivity contribution in [1.82, 2.24) is 14.5 Å². The fourth-order valence-electron chi connectivity index (χ4n) is 3.95. The van der Waals surface area contributed by atoms with E-state index in [1.54, 1.807) is 0 Å². The molecule has 0 saturated heterocycles. The normalized spacial score (nSPS) is 14.3. The lowest BCUT2D eigenvalue weighted by Gasteiger charge is -2.26. The Hall–Kier alpha value is -3.50. The molecule has 11 heteroatoms. The summed E-state index contributed by atoms with van der Waals surface area (Å²) in [6.07, 6.45) is 3.57. The first-order valence-electron chi connectivity index (χ1n) is 10.2. The number of nitrogens with one attached hydrogen (secondary N) is 1. The van der Waals surface area contributed by atoms with Gasteiger partial charge in [0.1, 0.15) is 19.0 Å². The lowest BCUT2D eigenvalue weighted by atomic mass is 9.95. The van der Waals surface area contributed by atoms with Gasteiger partial charge in [0.15, 0.2) is 5.56 Å². The van der Waals surface area contributed by atoms with Gasteiger partial charge in [-0.15, -0.1) is 0 Å². The van der Waals surface area contributed by atoms with Crippen LogP contribution in [0.25, 0.3) is 0 Å². The number of hydrogen-bond acceptors (Lipinski definition) is 5. The lowest BCUT2D eigenvalue weighted by Crippen LogP contribution is -2.46. The molecule has 2 aromatic rings. The Labute approximate surface area is 180 Å². The van der Waals surface area contributed by atoms with Crippen LogP contribution in [0.2, 0.25) is 0 Å². The van der Waals surface area contributed by atoms with Crippen molar-refractivity contribution in [3.8, 4) is 5.88 Å². The number of carbonyl (C=O) groups excluding carboxylic acids is 1. The van der Waals surface area contributed by atoms with Crippen LogP contribution in [-0.2, 0) is 18.0 Å². The van der Waals surface area contributed by atoms with Crippen LogP contribution < -0.4 is 16.6 Å². The molecule has 1 heterocycles. The monoisotopic (exact) mass is 451 g/mol. The second-order valence-electron chi connectivity index (χ2n) is 7.66. The van der Waals surface area contributed by atoms with E-state index >= 15 is 0 Å². The van der Waals surface area contributed by atoms with Crippen LogP contribution in [0, 0.1) is 5.82 Å². The minimum atomic E-state index is -1.36. The zero-order valence-corrected chi connectivity index (χ0v) is 17.1. The second-order valence-corrected chi connectivity index (χ2v) is 7.66. The number of rotatable bonds is 7. The van der Waals surface area contributed by atoms with Gasteiger partial charge in [0.2, 0.25) is 5.88 Å². The first-order valence-corrected chi connectivity index (χ1v) is 10.2. The largest absolute Gasteiger partial charge is 0.494 e. The Morgan fingerprint density at radius 1 is 1.12 bits per heavy atom. The first kappa shape index (κ1) is 23.2. The number of benzene rings is 1. The predicted octanol–water partition coefficient (Wildman–Crippen LogP) is 1.69. The van der Waals surface area contributed by atoms with E-state index in [1.807, 2.05) is 5.32 Å². The van der Waals surface area contributed by atoms with E-state index in [4.69, 9.17) is 5.11 Å². The molecule has 0 unspecified atom stereocenters. The van der Waals surface area contributed by atoms with Crippen LogP contribution in [-0.4, -0.2) is 37.8 Å². The van der Waals surface area contributed by atoms with Crippen molar-refractivity contribution in [2.24, 2.45) is 0 Å². The first-order chi connectivity index (χ1) is 15.2.